The Bertz CT molecular complexity index is 557. The summed E-state index contributed by atoms with van der Waals surface area (Å²) in [5.74, 6) is 1.48. The van der Waals surface area contributed by atoms with Crippen LogP contribution in [0.2, 0.25) is 0 Å². The van der Waals surface area contributed by atoms with Crippen molar-refractivity contribution in [3.63, 3.8) is 0 Å². The maximum atomic E-state index is 5.83. The van der Waals surface area contributed by atoms with Crippen molar-refractivity contribution in [2.24, 2.45) is 0 Å². The number of pyridine rings is 1. The van der Waals surface area contributed by atoms with E-state index in [4.69, 9.17) is 10.5 Å². The predicted molar refractivity (Wildman–Crippen MR) is 78.5 cm³/mol. The SMILES string of the molecule is COc1cccc(N(C)C(C)c2cccc(N)c2)n1. The van der Waals surface area contributed by atoms with E-state index in [1.807, 2.05) is 43.4 Å². The maximum Gasteiger partial charge on any atom is 0.214 e. The van der Waals surface area contributed by atoms with E-state index >= 15 is 0 Å². The normalized spacial score (nSPS) is 11.9. The average molecular weight is 257 g/mol. The fourth-order valence-electron chi connectivity index (χ4n) is 1.95. The third-order valence-electron chi connectivity index (χ3n) is 3.25. The molecule has 0 aliphatic rings. The van der Waals surface area contributed by atoms with Crippen LogP contribution < -0.4 is 15.4 Å². The minimum atomic E-state index is 0.183. The van der Waals surface area contributed by atoms with Gasteiger partial charge in [-0.3, -0.25) is 0 Å². The van der Waals surface area contributed by atoms with Gasteiger partial charge in [-0.15, -0.1) is 0 Å². The van der Waals surface area contributed by atoms with Gasteiger partial charge in [0.05, 0.1) is 13.2 Å². The number of nitrogens with zero attached hydrogens (tertiary/aromatic N) is 2. The minimum absolute atomic E-state index is 0.183. The van der Waals surface area contributed by atoms with Gasteiger partial charge in [0, 0.05) is 18.8 Å². The zero-order valence-corrected chi connectivity index (χ0v) is 11.5. The number of ether oxygens (including phenoxy) is 1. The fourth-order valence-corrected chi connectivity index (χ4v) is 1.95. The van der Waals surface area contributed by atoms with Crippen molar-refractivity contribution in [3.8, 4) is 5.88 Å². The van der Waals surface area contributed by atoms with Crippen LogP contribution in [0.5, 0.6) is 5.88 Å². The zero-order valence-electron chi connectivity index (χ0n) is 11.5. The predicted octanol–water partition coefficient (Wildman–Crippen LogP) is 2.87. The van der Waals surface area contributed by atoms with Crippen molar-refractivity contribution in [2.75, 3.05) is 24.8 Å². The lowest BCUT2D eigenvalue weighted by Crippen LogP contribution is -2.22. The highest BCUT2D eigenvalue weighted by Crippen LogP contribution is 2.25. The Morgan fingerprint density at radius 3 is 2.63 bits per heavy atom. The molecule has 4 heteroatoms. The quantitative estimate of drug-likeness (QED) is 0.856. The molecule has 0 saturated carbocycles. The highest BCUT2D eigenvalue weighted by atomic mass is 16.5. The lowest BCUT2D eigenvalue weighted by atomic mass is 10.1. The van der Waals surface area contributed by atoms with Crippen LogP contribution in [-0.2, 0) is 0 Å². The third kappa shape index (κ3) is 2.96. The third-order valence-corrected chi connectivity index (χ3v) is 3.25. The summed E-state index contributed by atoms with van der Waals surface area (Å²) in [5, 5.41) is 0. The van der Waals surface area contributed by atoms with Crippen LogP contribution in [0.15, 0.2) is 42.5 Å². The molecule has 1 atom stereocenters. The Balaban J connectivity index is 2.25. The molecule has 0 amide bonds. The summed E-state index contributed by atoms with van der Waals surface area (Å²) in [6, 6.07) is 13.8. The van der Waals surface area contributed by atoms with Gasteiger partial charge in [-0.25, -0.2) is 0 Å². The second-order valence-corrected chi connectivity index (χ2v) is 4.50. The van der Waals surface area contributed by atoms with Crippen molar-refractivity contribution >= 4 is 11.5 Å². The molecule has 1 aromatic heterocycles. The van der Waals surface area contributed by atoms with E-state index in [0.717, 1.165) is 17.1 Å². The summed E-state index contributed by atoms with van der Waals surface area (Å²) in [7, 11) is 3.63. The van der Waals surface area contributed by atoms with E-state index in [1.54, 1.807) is 7.11 Å². The molecule has 100 valence electrons. The molecule has 4 nitrogen and oxygen atoms in total. The van der Waals surface area contributed by atoms with E-state index < -0.39 is 0 Å². The zero-order chi connectivity index (χ0) is 13.8. The number of methoxy groups -OCH3 is 1. The highest BCUT2D eigenvalue weighted by molar-refractivity contribution is 5.46. The number of benzene rings is 1. The monoisotopic (exact) mass is 257 g/mol. The summed E-state index contributed by atoms with van der Waals surface area (Å²) >= 11 is 0. The van der Waals surface area contributed by atoms with E-state index in [-0.39, 0.29) is 6.04 Å². The summed E-state index contributed by atoms with van der Waals surface area (Å²) in [5.41, 5.74) is 7.76. The topological polar surface area (TPSA) is 51.4 Å². The number of nitrogens with two attached hydrogens (primary N) is 1. The summed E-state index contributed by atoms with van der Waals surface area (Å²) in [4.78, 5) is 6.53. The Morgan fingerprint density at radius 2 is 1.95 bits per heavy atom. The van der Waals surface area contributed by atoms with Crippen LogP contribution in [0, 0.1) is 0 Å². The van der Waals surface area contributed by atoms with Crippen molar-refractivity contribution in [2.45, 2.75) is 13.0 Å². The first kappa shape index (κ1) is 13.2. The van der Waals surface area contributed by atoms with Gasteiger partial charge in [0.25, 0.3) is 0 Å². The molecule has 2 rings (SSSR count). The minimum Gasteiger partial charge on any atom is -0.481 e. The van der Waals surface area contributed by atoms with Gasteiger partial charge >= 0.3 is 0 Å². The number of nitrogen functional groups attached to an aromatic ring is 1. The first-order chi connectivity index (χ1) is 9.11. The number of hydrogen-bond donors (Lipinski definition) is 1. The van der Waals surface area contributed by atoms with Crippen molar-refractivity contribution in [1.29, 1.82) is 0 Å². The smallest absolute Gasteiger partial charge is 0.214 e. The molecule has 1 unspecified atom stereocenters. The Kier molecular flexibility index (Phi) is 3.90. The molecule has 0 aliphatic carbocycles. The molecule has 19 heavy (non-hydrogen) atoms. The molecule has 2 N–H and O–H groups in total. The maximum absolute atomic E-state index is 5.83. The van der Waals surface area contributed by atoms with Crippen molar-refractivity contribution < 1.29 is 4.74 Å². The van der Waals surface area contributed by atoms with Crippen LogP contribution in [0.3, 0.4) is 0 Å². The molecular weight excluding hydrogens is 238 g/mol. The molecule has 0 aliphatic heterocycles. The lowest BCUT2D eigenvalue weighted by Gasteiger charge is -2.26. The van der Waals surface area contributed by atoms with E-state index in [2.05, 4.69) is 22.9 Å². The van der Waals surface area contributed by atoms with Gasteiger partial charge in [0.1, 0.15) is 5.82 Å². The average Bonchev–Trinajstić information content (AvgIpc) is 2.45. The van der Waals surface area contributed by atoms with E-state index in [9.17, 15) is 0 Å². The van der Waals surface area contributed by atoms with Crippen LogP contribution in [0.1, 0.15) is 18.5 Å². The van der Waals surface area contributed by atoms with Gasteiger partial charge < -0.3 is 15.4 Å². The standard InChI is InChI=1S/C15H19N3O/c1-11(12-6-4-7-13(16)10-12)18(2)14-8-5-9-15(17-14)19-3/h4-11H,16H2,1-3H3. The van der Waals surface area contributed by atoms with Crippen molar-refractivity contribution in [1.82, 2.24) is 4.98 Å². The molecule has 1 heterocycles. The largest absolute Gasteiger partial charge is 0.481 e. The second-order valence-electron chi connectivity index (χ2n) is 4.50. The number of rotatable bonds is 4. The molecule has 0 bridgehead atoms. The molecule has 2 aromatic rings. The second kappa shape index (κ2) is 5.61. The van der Waals surface area contributed by atoms with Crippen molar-refractivity contribution in [3.05, 3.63) is 48.0 Å². The summed E-state index contributed by atoms with van der Waals surface area (Å²) in [6.07, 6.45) is 0. The number of hydrogen-bond acceptors (Lipinski definition) is 4. The number of aromatic nitrogens is 1. The van der Waals surface area contributed by atoms with Gasteiger partial charge in [-0.2, -0.15) is 4.98 Å². The summed E-state index contributed by atoms with van der Waals surface area (Å²) < 4.78 is 5.15. The Labute approximate surface area is 113 Å². The molecule has 0 radical (unpaired) electrons. The Hall–Kier alpha value is -2.23. The first-order valence-corrected chi connectivity index (χ1v) is 6.21. The van der Waals surface area contributed by atoms with Crippen LogP contribution >= 0.6 is 0 Å². The molecular formula is C15H19N3O. The van der Waals surface area contributed by atoms with Gasteiger partial charge in [0.15, 0.2) is 0 Å². The van der Waals surface area contributed by atoms with Gasteiger partial charge in [0.2, 0.25) is 5.88 Å². The Morgan fingerprint density at radius 1 is 1.21 bits per heavy atom. The molecule has 1 aromatic carbocycles. The first-order valence-electron chi connectivity index (χ1n) is 6.21. The molecule has 0 saturated heterocycles. The van der Waals surface area contributed by atoms with Crippen LogP contribution in [0.4, 0.5) is 11.5 Å². The van der Waals surface area contributed by atoms with E-state index in [1.165, 1.54) is 0 Å². The van der Waals surface area contributed by atoms with Crippen LogP contribution in [0.25, 0.3) is 0 Å². The summed E-state index contributed by atoms with van der Waals surface area (Å²) in [6.45, 7) is 2.12. The fraction of sp³-hybridized carbons (Fsp3) is 0.267. The van der Waals surface area contributed by atoms with E-state index in [0.29, 0.717) is 5.88 Å². The van der Waals surface area contributed by atoms with Gasteiger partial charge in [-0.05, 0) is 30.7 Å². The molecule has 0 fully saturated rings. The van der Waals surface area contributed by atoms with Crippen LogP contribution in [-0.4, -0.2) is 19.1 Å². The van der Waals surface area contributed by atoms with Gasteiger partial charge in [-0.1, -0.05) is 18.2 Å². The lowest BCUT2D eigenvalue weighted by molar-refractivity contribution is 0.397. The highest BCUT2D eigenvalue weighted by Gasteiger charge is 2.14. The molecule has 0 spiro atoms. The number of anilines is 2.